The molecule has 0 fully saturated rings. The summed E-state index contributed by atoms with van der Waals surface area (Å²) in [5, 5.41) is 0. The Bertz CT molecular complexity index is 57.2. The van der Waals surface area contributed by atoms with Crippen molar-refractivity contribution < 1.29 is 17.9 Å². The molecule has 0 spiro atoms. The van der Waals surface area contributed by atoms with Gasteiger partial charge < -0.3 is 4.74 Å². The van der Waals surface area contributed by atoms with Gasteiger partial charge in [0.25, 0.3) is 6.36 Å². The zero-order valence-corrected chi connectivity index (χ0v) is 4.33. The van der Waals surface area contributed by atoms with Crippen molar-refractivity contribution in [3.63, 3.8) is 0 Å². The van der Waals surface area contributed by atoms with Crippen LogP contribution in [-0.4, -0.2) is 13.0 Å². The van der Waals surface area contributed by atoms with Crippen LogP contribution in [-0.2, 0) is 4.74 Å². The molecule has 0 aliphatic heterocycles. The lowest BCUT2D eigenvalue weighted by Gasteiger charge is -2.02. The molecule has 1 unspecified atom stereocenters. The van der Waals surface area contributed by atoms with E-state index in [4.69, 9.17) is 0 Å². The van der Waals surface area contributed by atoms with E-state index in [-0.39, 0.29) is 6.61 Å². The van der Waals surface area contributed by atoms with Crippen LogP contribution >= 0.6 is 0 Å². The standard InChI is InChI=1S/C4H6F3O/c1-2-8-4(7)3(5)6/h4H,2H2,1H3. The first-order valence-corrected chi connectivity index (χ1v) is 2.12. The summed E-state index contributed by atoms with van der Waals surface area (Å²) in [6.07, 6.45) is -4.83. The van der Waals surface area contributed by atoms with Crippen LogP contribution in [0.3, 0.4) is 0 Å². The van der Waals surface area contributed by atoms with Crippen LogP contribution in [0.25, 0.3) is 0 Å². The first kappa shape index (κ1) is 7.75. The third-order valence-corrected chi connectivity index (χ3v) is 0.485. The molecule has 0 aliphatic carbocycles. The smallest absolute Gasteiger partial charge is 0.344 e. The molecule has 1 atom stereocenters. The lowest BCUT2D eigenvalue weighted by Crippen LogP contribution is -2.09. The van der Waals surface area contributed by atoms with Crippen molar-refractivity contribution in [1.29, 1.82) is 0 Å². The monoisotopic (exact) mass is 127 g/mol. The van der Waals surface area contributed by atoms with Gasteiger partial charge in [-0.15, -0.1) is 0 Å². The zero-order valence-electron chi connectivity index (χ0n) is 4.33. The maximum Gasteiger partial charge on any atom is 0.370 e. The van der Waals surface area contributed by atoms with Gasteiger partial charge in [-0.3, -0.25) is 0 Å². The maximum atomic E-state index is 11.5. The number of halogens is 3. The summed E-state index contributed by atoms with van der Waals surface area (Å²) in [4.78, 5) is 0. The second kappa shape index (κ2) is 3.72. The fourth-order valence-electron chi connectivity index (χ4n) is 0.209. The Kier molecular flexibility index (Phi) is 3.60. The van der Waals surface area contributed by atoms with E-state index >= 15 is 0 Å². The van der Waals surface area contributed by atoms with E-state index in [1.165, 1.54) is 6.92 Å². The van der Waals surface area contributed by atoms with Gasteiger partial charge in [-0.25, -0.2) is 4.39 Å². The van der Waals surface area contributed by atoms with Gasteiger partial charge >= 0.3 is 6.43 Å². The third kappa shape index (κ3) is 2.85. The summed E-state index contributed by atoms with van der Waals surface area (Å²) < 4.78 is 37.4. The molecular weight excluding hydrogens is 121 g/mol. The Morgan fingerprint density at radius 1 is 1.62 bits per heavy atom. The van der Waals surface area contributed by atoms with Gasteiger partial charge in [0.2, 0.25) is 0 Å². The summed E-state index contributed by atoms with van der Waals surface area (Å²) in [6, 6.07) is 0. The van der Waals surface area contributed by atoms with Crippen LogP contribution in [0, 0.1) is 6.43 Å². The Morgan fingerprint density at radius 3 is 2.25 bits per heavy atom. The maximum absolute atomic E-state index is 11.5. The Hall–Kier alpha value is -0.250. The van der Waals surface area contributed by atoms with E-state index in [1.807, 2.05) is 0 Å². The molecule has 0 aliphatic rings. The fourth-order valence-corrected chi connectivity index (χ4v) is 0.209. The van der Waals surface area contributed by atoms with Crippen LogP contribution in [0.2, 0.25) is 0 Å². The van der Waals surface area contributed by atoms with Crippen LogP contribution in [0.4, 0.5) is 13.2 Å². The molecule has 1 radical (unpaired) electrons. The second-order valence-corrected chi connectivity index (χ2v) is 1.06. The van der Waals surface area contributed by atoms with E-state index in [2.05, 4.69) is 4.74 Å². The van der Waals surface area contributed by atoms with Gasteiger partial charge in [0.1, 0.15) is 0 Å². The van der Waals surface area contributed by atoms with Crippen LogP contribution in [0.15, 0.2) is 0 Å². The predicted molar refractivity (Wildman–Crippen MR) is 22.0 cm³/mol. The lowest BCUT2D eigenvalue weighted by molar-refractivity contribution is -0.0714. The van der Waals surface area contributed by atoms with Crippen molar-refractivity contribution in [2.45, 2.75) is 13.3 Å². The van der Waals surface area contributed by atoms with E-state index in [0.717, 1.165) is 0 Å². The van der Waals surface area contributed by atoms with Gasteiger partial charge in [-0.1, -0.05) is 0 Å². The molecule has 0 aromatic rings. The molecule has 0 amide bonds. The van der Waals surface area contributed by atoms with Crippen molar-refractivity contribution in [2.24, 2.45) is 0 Å². The molecule has 49 valence electrons. The number of ether oxygens (including phenoxy) is 1. The number of alkyl halides is 1. The average Bonchev–Trinajstić information content (AvgIpc) is 1.67. The first-order chi connectivity index (χ1) is 3.68. The highest BCUT2D eigenvalue weighted by Gasteiger charge is 2.20. The molecule has 0 rings (SSSR count). The Morgan fingerprint density at radius 2 is 2.12 bits per heavy atom. The summed E-state index contributed by atoms with van der Waals surface area (Å²) in [7, 11) is 0. The van der Waals surface area contributed by atoms with Crippen molar-refractivity contribution in [1.82, 2.24) is 0 Å². The number of rotatable bonds is 3. The Labute approximate surface area is 45.4 Å². The molecule has 0 bridgehead atoms. The zero-order chi connectivity index (χ0) is 6.57. The molecule has 4 heteroatoms. The molecule has 0 aromatic heterocycles. The summed E-state index contributed by atoms with van der Waals surface area (Å²) in [6.45, 7) is 1.40. The van der Waals surface area contributed by atoms with Gasteiger partial charge in [0, 0.05) is 6.61 Å². The molecule has 0 heterocycles. The van der Waals surface area contributed by atoms with Crippen molar-refractivity contribution >= 4 is 0 Å². The summed E-state index contributed by atoms with van der Waals surface area (Å²) >= 11 is 0. The van der Waals surface area contributed by atoms with Gasteiger partial charge in [-0.2, -0.15) is 8.78 Å². The molecule has 0 N–H and O–H groups in total. The summed E-state index contributed by atoms with van der Waals surface area (Å²) in [5.41, 5.74) is 0. The molecular formula is C4H6F3O. The van der Waals surface area contributed by atoms with Crippen molar-refractivity contribution in [2.75, 3.05) is 6.61 Å². The molecule has 8 heavy (non-hydrogen) atoms. The quantitative estimate of drug-likeness (QED) is 0.561. The van der Waals surface area contributed by atoms with Crippen molar-refractivity contribution in [3.8, 4) is 0 Å². The fraction of sp³-hybridized carbons (Fsp3) is 0.750. The van der Waals surface area contributed by atoms with Gasteiger partial charge in [0.05, 0.1) is 0 Å². The molecule has 0 aromatic carbocycles. The highest BCUT2D eigenvalue weighted by molar-refractivity contribution is 4.62. The van der Waals surface area contributed by atoms with Crippen LogP contribution in [0.1, 0.15) is 6.92 Å². The topological polar surface area (TPSA) is 9.23 Å². The largest absolute Gasteiger partial charge is 0.370 e. The van der Waals surface area contributed by atoms with E-state index in [9.17, 15) is 13.2 Å². The van der Waals surface area contributed by atoms with E-state index < -0.39 is 12.8 Å². The number of hydrogen-bond acceptors (Lipinski definition) is 1. The minimum Gasteiger partial charge on any atom is -0.344 e. The Balaban J connectivity index is 3.17. The second-order valence-electron chi connectivity index (χ2n) is 1.06. The molecule has 0 saturated heterocycles. The highest BCUT2D eigenvalue weighted by Crippen LogP contribution is 2.13. The SMILES string of the molecule is CCOC(F)[C](F)F. The average molecular weight is 127 g/mol. The van der Waals surface area contributed by atoms with Gasteiger partial charge in [-0.05, 0) is 6.92 Å². The van der Waals surface area contributed by atoms with E-state index in [0.29, 0.717) is 0 Å². The molecule has 0 saturated carbocycles. The van der Waals surface area contributed by atoms with Gasteiger partial charge in [0.15, 0.2) is 0 Å². The first-order valence-electron chi connectivity index (χ1n) is 2.12. The summed E-state index contributed by atoms with van der Waals surface area (Å²) in [5.74, 6) is 0. The normalized spacial score (nSPS) is 14.6. The third-order valence-electron chi connectivity index (χ3n) is 0.485. The van der Waals surface area contributed by atoms with Crippen molar-refractivity contribution in [3.05, 3.63) is 6.43 Å². The highest BCUT2D eigenvalue weighted by atomic mass is 19.3. The predicted octanol–water partition coefficient (Wildman–Crippen LogP) is 1.75. The van der Waals surface area contributed by atoms with Crippen LogP contribution < -0.4 is 0 Å². The van der Waals surface area contributed by atoms with E-state index in [1.54, 1.807) is 0 Å². The minimum absolute atomic E-state index is 0.0431. The van der Waals surface area contributed by atoms with Crippen LogP contribution in [0.5, 0.6) is 0 Å². The molecule has 1 nitrogen and oxygen atoms in total. The number of hydrogen-bond donors (Lipinski definition) is 0. The minimum atomic E-state index is -2.50. The lowest BCUT2D eigenvalue weighted by atomic mass is 10.7.